The molecule has 2 amide bonds. The molecule has 2 aromatic carbocycles. The standard InChI is InChI=1S/C36H54N4O7/c1-25-20-40(26(2)23-41)36(43)30-19-29(37-35(42)11-9-16-38(4)5)13-15-31(30)47-27(3)10-7-8-17-44-34(25)22-39(6)21-28-12-14-32-33(18-28)46-24-45-32/h12-15,18-19,25-27,34,41H,7-11,16-17,20-24H2,1-6H3,(H,37,42)/t25-,26-,27+,34+/m1/s1. The van der Waals surface area contributed by atoms with Gasteiger partial charge in [-0.3, -0.25) is 14.5 Å². The van der Waals surface area contributed by atoms with Gasteiger partial charge in [-0.15, -0.1) is 0 Å². The molecule has 0 unspecified atom stereocenters. The molecule has 0 spiro atoms. The molecule has 0 radical (unpaired) electrons. The van der Waals surface area contributed by atoms with Gasteiger partial charge in [-0.2, -0.15) is 0 Å². The van der Waals surface area contributed by atoms with Crippen LogP contribution in [0.25, 0.3) is 0 Å². The fourth-order valence-corrected chi connectivity index (χ4v) is 5.96. The first-order valence-electron chi connectivity index (χ1n) is 16.9. The van der Waals surface area contributed by atoms with E-state index in [2.05, 4.69) is 24.2 Å². The van der Waals surface area contributed by atoms with Gasteiger partial charge in [-0.05, 0) is 103 Å². The number of aliphatic hydroxyl groups is 1. The Bertz CT molecular complexity index is 1320. The Balaban J connectivity index is 1.54. The molecule has 4 atom stereocenters. The number of carbonyl (C=O) groups excluding carboxylic acids is 2. The van der Waals surface area contributed by atoms with E-state index in [4.69, 9.17) is 18.9 Å². The monoisotopic (exact) mass is 654 g/mol. The van der Waals surface area contributed by atoms with Gasteiger partial charge in [0.25, 0.3) is 5.91 Å². The number of hydrogen-bond acceptors (Lipinski definition) is 9. The highest BCUT2D eigenvalue weighted by Crippen LogP contribution is 2.33. The molecule has 0 saturated carbocycles. The number of hydrogen-bond donors (Lipinski definition) is 2. The molecule has 2 N–H and O–H groups in total. The Labute approximate surface area is 280 Å². The molecule has 0 aliphatic carbocycles. The maximum absolute atomic E-state index is 14.4. The van der Waals surface area contributed by atoms with Crippen LogP contribution >= 0.6 is 0 Å². The van der Waals surface area contributed by atoms with Crippen LogP contribution in [0.15, 0.2) is 36.4 Å². The van der Waals surface area contributed by atoms with E-state index in [1.54, 1.807) is 23.1 Å². The summed E-state index contributed by atoms with van der Waals surface area (Å²) >= 11 is 0. The average Bonchev–Trinajstić information content (AvgIpc) is 3.50. The molecule has 2 aliphatic heterocycles. The van der Waals surface area contributed by atoms with Crippen molar-refractivity contribution in [2.24, 2.45) is 5.92 Å². The van der Waals surface area contributed by atoms with Crippen LogP contribution in [-0.2, 0) is 16.1 Å². The first kappa shape index (κ1) is 36.5. The smallest absolute Gasteiger partial charge is 0.258 e. The van der Waals surface area contributed by atoms with Crippen molar-refractivity contribution in [1.82, 2.24) is 14.7 Å². The third kappa shape index (κ3) is 10.8. The molecule has 2 aliphatic rings. The minimum absolute atomic E-state index is 0.0435. The maximum Gasteiger partial charge on any atom is 0.258 e. The second-order valence-electron chi connectivity index (χ2n) is 13.4. The van der Waals surface area contributed by atoms with Crippen molar-refractivity contribution in [2.45, 2.75) is 77.7 Å². The van der Waals surface area contributed by atoms with Crippen LogP contribution in [0.4, 0.5) is 5.69 Å². The molecular weight excluding hydrogens is 600 g/mol. The van der Waals surface area contributed by atoms with Gasteiger partial charge in [-0.1, -0.05) is 13.0 Å². The largest absolute Gasteiger partial charge is 0.490 e. The molecule has 260 valence electrons. The first-order valence-corrected chi connectivity index (χ1v) is 16.9. The number of carbonyl (C=O) groups is 2. The summed E-state index contributed by atoms with van der Waals surface area (Å²) in [4.78, 5) is 33.0. The van der Waals surface area contributed by atoms with E-state index in [1.165, 1.54) is 0 Å². The van der Waals surface area contributed by atoms with Crippen LogP contribution in [0, 0.1) is 5.92 Å². The molecule has 2 aromatic rings. The molecule has 2 heterocycles. The van der Waals surface area contributed by atoms with Crippen molar-refractivity contribution in [3.8, 4) is 17.2 Å². The number of nitrogens with one attached hydrogen (secondary N) is 1. The molecule has 47 heavy (non-hydrogen) atoms. The Morgan fingerprint density at radius 3 is 2.60 bits per heavy atom. The molecule has 0 aromatic heterocycles. The fourth-order valence-electron chi connectivity index (χ4n) is 5.96. The quantitative estimate of drug-likeness (QED) is 0.358. The summed E-state index contributed by atoms with van der Waals surface area (Å²) < 4.78 is 23.9. The highest BCUT2D eigenvalue weighted by molar-refractivity contribution is 5.99. The summed E-state index contributed by atoms with van der Waals surface area (Å²) in [7, 11) is 6.02. The van der Waals surface area contributed by atoms with Gasteiger partial charge < -0.3 is 39.2 Å². The minimum Gasteiger partial charge on any atom is -0.490 e. The second-order valence-corrected chi connectivity index (χ2v) is 13.4. The van der Waals surface area contributed by atoms with Crippen LogP contribution < -0.4 is 19.5 Å². The van der Waals surface area contributed by atoms with Gasteiger partial charge in [-0.25, -0.2) is 0 Å². The van der Waals surface area contributed by atoms with Gasteiger partial charge in [0.2, 0.25) is 12.7 Å². The van der Waals surface area contributed by atoms with E-state index in [-0.39, 0.29) is 43.3 Å². The average molecular weight is 655 g/mol. The highest BCUT2D eigenvalue weighted by Gasteiger charge is 2.30. The lowest BCUT2D eigenvalue weighted by molar-refractivity contribution is -0.116. The molecule has 11 heteroatoms. The lowest BCUT2D eigenvalue weighted by Gasteiger charge is -2.36. The number of fused-ring (bicyclic) bond motifs is 2. The van der Waals surface area contributed by atoms with Crippen LogP contribution in [0.2, 0.25) is 0 Å². The fraction of sp³-hybridized carbons (Fsp3) is 0.611. The van der Waals surface area contributed by atoms with E-state index < -0.39 is 6.04 Å². The molecule has 4 rings (SSSR count). The Hall–Kier alpha value is -3.38. The number of ether oxygens (including phenoxy) is 4. The third-order valence-corrected chi connectivity index (χ3v) is 8.73. The highest BCUT2D eigenvalue weighted by atomic mass is 16.7. The summed E-state index contributed by atoms with van der Waals surface area (Å²) in [6, 6.07) is 10.8. The third-order valence-electron chi connectivity index (χ3n) is 8.73. The van der Waals surface area contributed by atoms with E-state index in [1.807, 2.05) is 51.0 Å². The van der Waals surface area contributed by atoms with Crippen molar-refractivity contribution in [3.63, 3.8) is 0 Å². The molecular formula is C36H54N4O7. The number of benzene rings is 2. The zero-order chi connectivity index (χ0) is 33.9. The van der Waals surface area contributed by atoms with Crippen molar-refractivity contribution >= 4 is 17.5 Å². The van der Waals surface area contributed by atoms with E-state index >= 15 is 0 Å². The van der Waals surface area contributed by atoms with Crippen molar-refractivity contribution in [2.75, 3.05) is 66.1 Å². The molecule has 0 fully saturated rings. The van der Waals surface area contributed by atoms with Crippen molar-refractivity contribution in [3.05, 3.63) is 47.5 Å². The number of rotatable bonds is 11. The topological polar surface area (TPSA) is 113 Å². The lowest BCUT2D eigenvalue weighted by atomic mass is 10.0. The summed E-state index contributed by atoms with van der Waals surface area (Å²) in [6.07, 6.45) is 3.46. The second kappa shape index (κ2) is 17.7. The zero-order valence-electron chi connectivity index (χ0n) is 29.0. The number of amides is 2. The molecule has 0 saturated heterocycles. The van der Waals surface area contributed by atoms with Crippen LogP contribution in [0.3, 0.4) is 0 Å². The Morgan fingerprint density at radius 2 is 1.83 bits per heavy atom. The van der Waals surface area contributed by atoms with E-state index in [9.17, 15) is 14.7 Å². The number of likely N-dealkylation sites (N-methyl/N-ethyl adjacent to an activating group) is 1. The van der Waals surface area contributed by atoms with Gasteiger partial charge >= 0.3 is 0 Å². The Morgan fingerprint density at radius 1 is 1.06 bits per heavy atom. The van der Waals surface area contributed by atoms with Crippen LogP contribution in [0.5, 0.6) is 17.2 Å². The van der Waals surface area contributed by atoms with Gasteiger partial charge in [0.15, 0.2) is 11.5 Å². The normalized spacial score (nSPS) is 21.3. The van der Waals surface area contributed by atoms with Crippen molar-refractivity contribution in [1.29, 1.82) is 0 Å². The molecule has 0 bridgehead atoms. The van der Waals surface area contributed by atoms with Crippen molar-refractivity contribution < 1.29 is 33.6 Å². The van der Waals surface area contributed by atoms with Gasteiger partial charge in [0.05, 0.1) is 30.4 Å². The predicted octanol–water partition coefficient (Wildman–Crippen LogP) is 4.62. The van der Waals surface area contributed by atoms with Gasteiger partial charge in [0, 0.05) is 44.3 Å². The SMILES string of the molecule is C[C@@H]1CN([C@H](C)CO)C(=O)c2cc(NC(=O)CCCN(C)C)ccc2O[C@@H](C)CCCCO[C@H]1CN(C)Cc1ccc2c(c1)OCO2. The molecule has 11 nitrogen and oxygen atoms in total. The summed E-state index contributed by atoms with van der Waals surface area (Å²) in [5.74, 6) is 1.60. The maximum atomic E-state index is 14.4. The number of nitrogens with zero attached hydrogens (tertiary/aromatic N) is 3. The lowest BCUT2D eigenvalue weighted by Crippen LogP contribution is -2.47. The van der Waals surface area contributed by atoms with Crippen LogP contribution in [0.1, 0.15) is 68.8 Å². The van der Waals surface area contributed by atoms with E-state index in [0.29, 0.717) is 49.7 Å². The number of aliphatic hydroxyl groups excluding tert-OH is 1. The predicted molar refractivity (Wildman–Crippen MR) is 182 cm³/mol. The summed E-state index contributed by atoms with van der Waals surface area (Å²) in [5.41, 5.74) is 2.02. The number of anilines is 1. The summed E-state index contributed by atoms with van der Waals surface area (Å²) in [6.45, 7) is 9.15. The Kier molecular flexibility index (Phi) is 13.7. The van der Waals surface area contributed by atoms with Gasteiger partial charge in [0.1, 0.15) is 5.75 Å². The minimum atomic E-state index is -0.445. The van der Waals surface area contributed by atoms with E-state index in [0.717, 1.165) is 49.3 Å². The zero-order valence-corrected chi connectivity index (χ0v) is 29.0. The first-order chi connectivity index (χ1) is 22.5. The van der Waals surface area contributed by atoms with Crippen LogP contribution in [-0.4, -0.2) is 111 Å². The summed E-state index contributed by atoms with van der Waals surface area (Å²) in [5, 5.41) is 13.2.